The first kappa shape index (κ1) is 24.2. The Morgan fingerprint density at radius 2 is 1.25 bits per heavy atom. The SMILES string of the molecule is CCC=CCC=CCC=CCC=CCC=CCCC(=O)NCC1CCCCC1. The normalized spacial score (nSPS) is 16.5. The molecule has 28 heavy (non-hydrogen) atoms. The number of rotatable bonds is 14. The summed E-state index contributed by atoms with van der Waals surface area (Å²) in [7, 11) is 0. The monoisotopic (exact) mass is 383 g/mol. The number of carbonyl (C=O) groups is 1. The smallest absolute Gasteiger partial charge is 0.220 e. The quantitative estimate of drug-likeness (QED) is 0.315. The maximum Gasteiger partial charge on any atom is 0.220 e. The van der Waals surface area contributed by atoms with Crippen molar-refractivity contribution in [2.75, 3.05) is 6.54 Å². The van der Waals surface area contributed by atoms with Gasteiger partial charge in [-0.1, -0.05) is 86.9 Å². The maximum atomic E-state index is 11.9. The highest BCUT2D eigenvalue weighted by molar-refractivity contribution is 5.75. The van der Waals surface area contributed by atoms with Crippen LogP contribution in [0.25, 0.3) is 0 Å². The van der Waals surface area contributed by atoms with Crippen molar-refractivity contribution >= 4 is 5.91 Å². The molecule has 1 fully saturated rings. The molecule has 0 unspecified atom stereocenters. The van der Waals surface area contributed by atoms with Crippen LogP contribution in [0.1, 0.15) is 84.0 Å². The highest BCUT2D eigenvalue weighted by atomic mass is 16.1. The van der Waals surface area contributed by atoms with Crippen LogP contribution in [-0.2, 0) is 4.79 Å². The predicted octanol–water partition coefficient (Wildman–Crippen LogP) is 7.21. The van der Waals surface area contributed by atoms with Gasteiger partial charge in [-0.15, -0.1) is 0 Å². The Morgan fingerprint density at radius 1 is 0.750 bits per heavy atom. The van der Waals surface area contributed by atoms with Gasteiger partial charge in [0.25, 0.3) is 0 Å². The molecule has 1 rings (SSSR count). The minimum Gasteiger partial charge on any atom is -0.356 e. The molecule has 0 aromatic rings. The summed E-state index contributed by atoms with van der Waals surface area (Å²) < 4.78 is 0. The molecule has 0 saturated heterocycles. The molecule has 0 bridgehead atoms. The second-order valence-corrected chi connectivity index (χ2v) is 7.55. The lowest BCUT2D eigenvalue weighted by atomic mass is 9.89. The van der Waals surface area contributed by atoms with Crippen LogP contribution in [0.4, 0.5) is 0 Å². The van der Waals surface area contributed by atoms with Crippen molar-refractivity contribution in [3.05, 3.63) is 60.8 Å². The van der Waals surface area contributed by atoms with Gasteiger partial charge in [-0.3, -0.25) is 4.79 Å². The van der Waals surface area contributed by atoms with E-state index in [1.54, 1.807) is 0 Å². The fourth-order valence-corrected chi connectivity index (χ4v) is 3.32. The molecule has 0 atom stereocenters. The van der Waals surface area contributed by atoms with E-state index in [2.05, 4.69) is 73.0 Å². The van der Waals surface area contributed by atoms with Crippen LogP contribution in [0.15, 0.2) is 60.8 Å². The number of carbonyl (C=O) groups excluding carboxylic acids is 1. The fraction of sp³-hybridized carbons (Fsp3) is 0.577. The van der Waals surface area contributed by atoms with E-state index >= 15 is 0 Å². The molecule has 1 aliphatic carbocycles. The van der Waals surface area contributed by atoms with E-state index < -0.39 is 0 Å². The van der Waals surface area contributed by atoms with Gasteiger partial charge in [0.15, 0.2) is 0 Å². The van der Waals surface area contributed by atoms with E-state index in [1.165, 1.54) is 32.1 Å². The van der Waals surface area contributed by atoms with Gasteiger partial charge in [0.05, 0.1) is 0 Å². The fourth-order valence-electron chi connectivity index (χ4n) is 3.32. The number of hydrogen-bond acceptors (Lipinski definition) is 1. The third-order valence-electron chi connectivity index (χ3n) is 5.01. The summed E-state index contributed by atoms with van der Waals surface area (Å²) in [4.78, 5) is 11.9. The lowest BCUT2D eigenvalue weighted by molar-refractivity contribution is -0.121. The summed E-state index contributed by atoms with van der Waals surface area (Å²) in [5.74, 6) is 0.915. The van der Waals surface area contributed by atoms with Crippen molar-refractivity contribution in [2.24, 2.45) is 5.92 Å². The summed E-state index contributed by atoms with van der Waals surface area (Å²) in [6, 6.07) is 0. The Bertz CT molecular complexity index is 519. The lowest BCUT2D eigenvalue weighted by Gasteiger charge is -2.21. The minimum atomic E-state index is 0.200. The molecule has 0 heterocycles. The third-order valence-corrected chi connectivity index (χ3v) is 5.01. The molecule has 1 aliphatic rings. The number of amides is 1. The molecule has 0 aliphatic heterocycles. The van der Waals surface area contributed by atoms with Gasteiger partial charge in [0.2, 0.25) is 5.91 Å². The molecule has 156 valence electrons. The summed E-state index contributed by atoms with van der Waals surface area (Å²) in [5.41, 5.74) is 0. The number of nitrogens with one attached hydrogen (secondary N) is 1. The van der Waals surface area contributed by atoms with E-state index in [0.29, 0.717) is 12.3 Å². The Labute approximate surface area is 173 Å². The van der Waals surface area contributed by atoms with Crippen LogP contribution in [0.5, 0.6) is 0 Å². The van der Waals surface area contributed by atoms with Crippen LogP contribution in [0, 0.1) is 5.92 Å². The molecule has 1 N–H and O–H groups in total. The van der Waals surface area contributed by atoms with Gasteiger partial charge in [-0.2, -0.15) is 0 Å². The molecule has 0 aromatic carbocycles. The van der Waals surface area contributed by atoms with Gasteiger partial charge < -0.3 is 5.32 Å². The molecule has 0 aromatic heterocycles. The van der Waals surface area contributed by atoms with E-state index in [9.17, 15) is 4.79 Å². The first-order chi connectivity index (χ1) is 13.8. The van der Waals surface area contributed by atoms with Crippen LogP contribution in [0.2, 0.25) is 0 Å². The zero-order valence-corrected chi connectivity index (χ0v) is 18.0. The van der Waals surface area contributed by atoms with Crippen molar-refractivity contribution in [1.82, 2.24) is 5.32 Å². The van der Waals surface area contributed by atoms with Crippen LogP contribution >= 0.6 is 0 Å². The maximum absolute atomic E-state index is 11.9. The van der Waals surface area contributed by atoms with Crippen molar-refractivity contribution in [2.45, 2.75) is 84.0 Å². The van der Waals surface area contributed by atoms with Crippen LogP contribution < -0.4 is 5.32 Å². The van der Waals surface area contributed by atoms with E-state index in [-0.39, 0.29) is 5.91 Å². The molecule has 2 heteroatoms. The summed E-state index contributed by atoms with van der Waals surface area (Å²) in [6.45, 7) is 3.04. The Kier molecular flexibility index (Phi) is 16.0. The highest BCUT2D eigenvalue weighted by Crippen LogP contribution is 2.22. The van der Waals surface area contributed by atoms with Gasteiger partial charge in [0.1, 0.15) is 0 Å². The standard InChI is InChI=1S/C26H41NO/c1-2-3-4-5-6-7-8-9-10-11-12-13-14-15-16-20-23-26(28)27-24-25-21-18-17-19-22-25/h3-4,6-7,9-10,12-13,15-16,25H,2,5,8,11,14,17-24H2,1H3,(H,27,28). The zero-order valence-electron chi connectivity index (χ0n) is 18.0. The Hall–Kier alpha value is -1.83. The summed E-state index contributed by atoms with van der Waals surface area (Å²) >= 11 is 0. The number of hydrogen-bond donors (Lipinski definition) is 1. The molecular formula is C26H41NO. The van der Waals surface area contributed by atoms with Gasteiger partial charge in [0, 0.05) is 13.0 Å². The number of allylic oxidation sites excluding steroid dienone is 10. The topological polar surface area (TPSA) is 29.1 Å². The van der Waals surface area contributed by atoms with Crippen molar-refractivity contribution in [3.8, 4) is 0 Å². The second-order valence-electron chi connectivity index (χ2n) is 7.55. The highest BCUT2D eigenvalue weighted by Gasteiger charge is 2.13. The predicted molar refractivity (Wildman–Crippen MR) is 123 cm³/mol. The summed E-state index contributed by atoms with van der Waals surface area (Å²) in [6.07, 6.45) is 35.1. The van der Waals surface area contributed by atoms with Gasteiger partial charge in [-0.25, -0.2) is 0 Å². The molecular weight excluding hydrogens is 342 g/mol. The molecule has 0 radical (unpaired) electrons. The van der Waals surface area contributed by atoms with E-state index in [0.717, 1.165) is 45.1 Å². The van der Waals surface area contributed by atoms with E-state index in [1.807, 2.05) is 0 Å². The average molecular weight is 384 g/mol. The van der Waals surface area contributed by atoms with Gasteiger partial charge in [-0.05, 0) is 57.3 Å². The van der Waals surface area contributed by atoms with Crippen LogP contribution in [-0.4, -0.2) is 12.5 Å². The first-order valence-corrected chi connectivity index (χ1v) is 11.3. The molecule has 1 saturated carbocycles. The van der Waals surface area contributed by atoms with Gasteiger partial charge >= 0.3 is 0 Å². The lowest BCUT2D eigenvalue weighted by Crippen LogP contribution is -2.29. The second kappa shape index (κ2) is 18.5. The largest absolute Gasteiger partial charge is 0.356 e. The van der Waals surface area contributed by atoms with E-state index in [4.69, 9.17) is 0 Å². The minimum absolute atomic E-state index is 0.200. The van der Waals surface area contributed by atoms with Crippen molar-refractivity contribution in [1.29, 1.82) is 0 Å². The Balaban J connectivity index is 1.94. The molecule has 1 amide bonds. The first-order valence-electron chi connectivity index (χ1n) is 11.3. The summed E-state index contributed by atoms with van der Waals surface area (Å²) in [5, 5.41) is 3.10. The Morgan fingerprint density at radius 3 is 1.79 bits per heavy atom. The third kappa shape index (κ3) is 15.2. The van der Waals surface area contributed by atoms with Crippen LogP contribution in [0.3, 0.4) is 0 Å². The molecule has 0 spiro atoms. The van der Waals surface area contributed by atoms with Crippen molar-refractivity contribution in [3.63, 3.8) is 0 Å². The average Bonchev–Trinajstić information content (AvgIpc) is 2.72. The zero-order chi connectivity index (χ0) is 20.1. The molecule has 2 nitrogen and oxygen atoms in total. The van der Waals surface area contributed by atoms with Crippen molar-refractivity contribution < 1.29 is 4.79 Å².